The molecule has 0 aromatic rings. The highest BCUT2D eigenvalue weighted by Gasteiger charge is 2.28. The molecule has 0 aliphatic rings. The fraction of sp³-hybridized carbons (Fsp3) is 0.738. The predicted molar refractivity (Wildman–Crippen MR) is 322 cm³/mol. The average Bonchev–Trinajstić information content (AvgIpc) is 3.36. The van der Waals surface area contributed by atoms with E-state index >= 15 is 0 Å². The highest BCUT2D eigenvalue weighted by Crippen LogP contribution is 2.43. The number of quaternary nitrogens is 1. The maximum atomic E-state index is 13.0. The van der Waals surface area contributed by atoms with Crippen LogP contribution in [0.15, 0.2) is 97.2 Å². The van der Waals surface area contributed by atoms with Gasteiger partial charge in [-0.2, -0.15) is 0 Å². The molecule has 74 heavy (non-hydrogen) atoms. The number of nitrogens with one attached hydrogen (secondary N) is 1. The molecule has 0 bridgehead atoms. The summed E-state index contributed by atoms with van der Waals surface area (Å²) in [4.78, 5) is 23.4. The molecule has 0 radical (unpaired) electrons. The summed E-state index contributed by atoms with van der Waals surface area (Å²) in [6, 6.07) is -0.777. The summed E-state index contributed by atoms with van der Waals surface area (Å²) in [6.45, 7) is 4.78. The lowest BCUT2D eigenvalue weighted by Crippen LogP contribution is -2.46. The van der Waals surface area contributed by atoms with Gasteiger partial charge in [-0.05, 0) is 77.0 Å². The van der Waals surface area contributed by atoms with Crippen molar-refractivity contribution in [2.24, 2.45) is 0 Å². The second-order valence-corrected chi connectivity index (χ2v) is 23.2. The van der Waals surface area contributed by atoms with E-state index in [2.05, 4.69) is 116 Å². The summed E-state index contributed by atoms with van der Waals surface area (Å²) < 4.78 is 23.8. The number of rotatable bonds is 55. The predicted octanol–water partition coefficient (Wildman–Crippen LogP) is 19.0. The molecule has 0 aliphatic heterocycles. The van der Waals surface area contributed by atoms with Gasteiger partial charge in [-0.3, -0.25) is 13.8 Å². The van der Waals surface area contributed by atoms with E-state index in [9.17, 15) is 19.4 Å². The topological polar surface area (TPSA) is 105 Å². The number of hydrogen-bond donors (Lipinski definition) is 3. The van der Waals surface area contributed by atoms with Crippen molar-refractivity contribution in [3.05, 3.63) is 97.2 Å². The minimum Gasteiger partial charge on any atom is -0.391 e. The number of carbonyl (C=O) groups is 1. The molecule has 9 heteroatoms. The smallest absolute Gasteiger partial charge is 0.391 e. The monoisotopic (exact) mass is 1050 g/mol. The van der Waals surface area contributed by atoms with Crippen LogP contribution in [0.1, 0.15) is 258 Å². The molecule has 0 aromatic heterocycles. The molecule has 3 atom stereocenters. The lowest BCUT2D eigenvalue weighted by atomic mass is 10.0. The second kappa shape index (κ2) is 55.2. The number of aliphatic hydroxyl groups is 1. The Morgan fingerprint density at radius 2 is 0.811 bits per heavy atom. The lowest BCUT2D eigenvalue weighted by molar-refractivity contribution is -0.870. The first-order valence-corrected chi connectivity index (χ1v) is 32.1. The molecule has 0 saturated carbocycles. The number of allylic oxidation sites excluding steroid dienone is 16. The Hall–Kier alpha value is -2.58. The van der Waals surface area contributed by atoms with Crippen LogP contribution in [0.5, 0.6) is 0 Å². The average molecular weight is 1050 g/mol. The molecule has 0 aromatic carbocycles. The van der Waals surface area contributed by atoms with Crippen molar-refractivity contribution in [2.75, 3.05) is 40.9 Å². The van der Waals surface area contributed by atoms with Gasteiger partial charge in [0.25, 0.3) is 0 Å². The zero-order valence-corrected chi connectivity index (χ0v) is 49.7. The van der Waals surface area contributed by atoms with Gasteiger partial charge in [-0.1, -0.05) is 272 Å². The van der Waals surface area contributed by atoms with Crippen molar-refractivity contribution in [3.63, 3.8) is 0 Å². The fourth-order valence-corrected chi connectivity index (χ4v) is 9.33. The molecule has 3 unspecified atom stereocenters. The van der Waals surface area contributed by atoms with E-state index in [4.69, 9.17) is 9.05 Å². The fourth-order valence-electron chi connectivity index (χ4n) is 8.59. The molecule has 0 fully saturated rings. The number of aliphatic hydroxyl groups excluding tert-OH is 1. The maximum Gasteiger partial charge on any atom is 0.472 e. The third kappa shape index (κ3) is 57.1. The Balaban J connectivity index is 4.21. The van der Waals surface area contributed by atoms with Crippen LogP contribution in [0.25, 0.3) is 0 Å². The summed E-state index contributed by atoms with van der Waals surface area (Å²) in [5, 5.41) is 14.1. The lowest BCUT2D eigenvalue weighted by Gasteiger charge is -2.26. The Morgan fingerprint density at radius 3 is 1.19 bits per heavy atom. The number of hydrogen-bond acceptors (Lipinski definition) is 5. The molecule has 0 aliphatic carbocycles. The number of carbonyl (C=O) groups excluding carboxylic acids is 1. The summed E-state index contributed by atoms with van der Waals surface area (Å²) in [5.41, 5.74) is 0. The Kier molecular flexibility index (Phi) is 53.3. The van der Waals surface area contributed by atoms with Crippen LogP contribution < -0.4 is 5.32 Å². The Bertz CT molecular complexity index is 1520. The van der Waals surface area contributed by atoms with Crippen molar-refractivity contribution in [3.8, 4) is 0 Å². The first-order chi connectivity index (χ1) is 36.0. The van der Waals surface area contributed by atoms with Crippen LogP contribution in [0, 0.1) is 0 Å². The van der Waals surface area contributed by atoms with E-state index in [1.807, 2.05) is 21.1 Å². The summed E-state index contributed by atoms with van der Waals surface area (Å²) >= 11 is 0. The quantitative estimate of drug-likeness (QED) is 0.0243. The first-order valence-electron chi connectivity index (χ1n) is 30.6. The van der Waals surface area contributed by atoms with Gasteiger partial charge in [0.05, 0.1) is 39.9 Å². The number of unbranched alkanes of at least 4 members (excludes halogenated alkanes) is 26. The zero-order valence-electron chi connectivity index (χ0n) is 48.8. The van der Waals surface area contributed by atoms with Crippen LogP contribution in [-0.2, 0) is 18.4 Å². The highest BCUT2D eigenvalue weighted by molar-refractivity contribution is 7.47. The highest BCUT2D eigenvalue weighted by atomic mass is 31.2. The molecule has 8 nitrogen and oxygen atoms in total. The van der Waals surface area contributed by atoms with Crippen LogP contribution in [0.3, 0.4) is 0 Å². The molecule has 0 heterocycles. The van der Waals surface area contributed by atoms with Crippen LogP contribution in [0.2, 0.25) is 0 Å². The Labute approximate surface area is 458 Å². The van der Waals surface area contributed by atoms with E-state index < -0.39 is 20.0 Å². The third-order valence-corrected chi connectivity index (χ3v) is 14.3. The third-order valence-electron chi connectivity index (χ3n) is 13.3. The molecule has 428 valence electrons. The van der Waals surface area contributed by atoms with Gasteiger partial charge in [0, 0.05) is 6.42 Å². The number of phosphoric acid groups is 1. The van der Waals surface area contributed by atoms with E-state index in [1.165, 1.54) is 128 Å². The normalized spacial score (nSPS) is 14.5. The number of nitrogens with zero attached hydrogens (tertiary/aromatic N) is 1. The molecule has 0 spiro atoms. The maximum absolute atomic E-state index is 13.0. The van der Waals surface area contributed by atoms with Crippen LogP contribution in [0.4, 0.5) is 0 Å². The molecule has 0 rings (SSSR count). The summed E-state index contributed by atoms with van der Waals surface area (Å²) in [6.07, 6.45) is 78.9. The largest absolute Gasteiger partial charge is 0.472 e. The minimum absolute atomic E-state index is 0.0669. The number of likely N-dealkylation sites (N-methyl/N-ethyl adjacent to an activating group) is 1. The van der Waals surface area contributed by atoms with Crippen molar-refractivity contribution in [1.29, 1.82) is 0 Å². The van der Waals surface area contributed by atoms with E-state index in [-0.39, 0.29) is 19.1 Å². The van der Waals surface area contributed by atoms with Crippen LogP contribution in [-0.4, -0.2) is 73.4 Å². The summed E-state index contributed by atoms with van der Waals surface area (Å²) in [7, 11) is 1.60. The first kappa shape index (κ1) is 71.4. The second-order valence-electron chi connectivity index (χ2n) is 21.7. The summed E-state index contributed by atoms with van der Waals surface area (Å²) in [5.74, 6) is -0.160. The van der Waals surface area contributed by atoms with E-state index in [0.29, 0.717) is 23.9 Å². The van der Waals surface area contributed by atoms with Crippen molar-refractivity contribution in [2.45, 2.75) is 270 Å². The molecular formula is C65H118N2O6P+. The Morgan fingerprint density at radius 1 is 0.473 bits per heavy atom. The van der Waals surface area contributed by atoms with Crippen molar-refractivity contribution < 1.29 is 32.9 Å². The van der Waals surface area contributed by atoms with Gasteiger partial charge in [0.2, 0.25) is 5.91 Å². The van der Waals surface area contributed by atoms with Gasteiger partial charge < -0.3 is 19.8 Å². The van der Waals surface area contributed by atoms with E-state index in [0.717, 1.165) is 103 Å². The van der Waals surface area contributed by atoms with Gasteiger partial charge in [-0.15, -0.1) is 0 Å². The molecule has 3 N–H and O–H groups in total. The number of phosphoric ester groups is 1. The zero-order chi connectivity index (χ0) is 54.2. The minimum atomic E-state index is -4.34. The van der Waals surface area contributed by atoms with Crippen molar-refractivity contribution in [1.82, 2.24) is 5.32 Å². The number of amides is 1. The van der Waals surface area contributed by atoms with Gasteiger partial charge in [0.15, 0.2) is 0 Å². The molecular weight excluding hydrogens is 936 g/mol. The SMILES string of the molecule is CC/C=C\C/C=C\C/C=C\C/C=C\C/C=C\C/C=C\C/C=C\C/C=C\CCCCCCCCC(=O)NC(COP(=O)(O)OCC[N+](C)(C)C)C(O)CCCCCCCCCCCCCCCCCCCCCCC. The molecule has 0 saturated heterocycles. The molecule has 1 amide bonds. The van der Waals surface area contributed by atoms with Crippen LogP contribution >= 0.6 is 7.82 Å². The van der Waals surface area contributed by atoms with Gasteiger partial charge in [0.1, 0.15) is 13.2 Å². The van der Waals surface area contributed by atoms with E-state index in [1.54, 1.807) is 0 Å². The van der Waals surface area contributed by atoms with Gasteiger partial charge in [-0.25, -0.2) is 4.57 Å². The van der Waals surface area contributed by atoms with Gasteiger partial charge >= 0.3 is 7.82 Å². The van der Waals surface area contributed by atoms with Crippen molar-refractivity contribution >= 4 is 13.7 Å². The standard InChI is InChI=1S/C65H117N2O6P/c1-6-8-10-12-14-16-18-20-22-24-26-28-29-30-31-32-33-34-35-36-37-39-41-43-45-47-49-51-53-55-57-59-65(69)66-63(62-73-74(70,71)72-61-60-67(3,4)5)64(68)58-56-54-52-50-48-46-44-42-40-38-27-25-23-21-19-17-15-13-11-9-7-2/h8,10,14,16,20,22,26,28,30-31,33-34,36-37,41,43,63-64,68H,6-7,9,11-13,15,17-19,21,23-25,27,29,32,35,38-40,42,44-62H2,1-5H3,(H-,66,69,70,71)/p+1/b10-8-,16-14-,22-20-,28-26-,31-30-,34-33-,37-36-,43-41-.